The van der Waals surface area contributed by atoms with Crippen LogP contribution in [-0.4, -0.2) is 25.2 Å². The summed E-state index contributed by atoms with van der Waals surface area (Å²) >= 11 is 0. The molecule has 2 aromatic heterocycles. The maximum Gasteiger partial charge on any atom is 0.295 e. The van der Waals surface area contributed by atoms with Crippen LogP contribution in [0, 0.1) is 6.92 Å². The highest BCUT2D eigenvalue weighted by Gasteiger charge is 2.08. The fourth-order valence-electron chi connectivity index (χ4n) is 1.84. The molecule has 0 fully saturated rings. The van der Waals surface area contributed by atoms with Crippen molar-refractivity contribution in [1.82, 2.24) is 25.2 Å². The fraction of sp³-hybridized carbons (Fsp3) is 0.167. The third-order valence-electron chi connectivity index (χ3n) is 2.91. The molecule has 0 radical (unpaired) electrons. The first kappa shape index (κ1) is 10.6. The average Bonchev–Trinajstić information content (AvgIpc) is 2.84. The van der Waals surface area contributed by atoms with E-state index in [1.54, 1.807) is 0 Å². The summed E-state index contributed by atoms with van der Waals surface area (Å²) in [5.41, 5.74) is 2.84. The minimum atomic E-state index is -0.208. The Kier molecular flexibility index (Phi) is 2.40. The van der Waals surface area contributed by atoms with Gasteiger partial charge in [0, 0.05) is 0 Å². The van der Waals surface area contributed by atoms with Crippen LogP contribution in [0.25, 0.3) is 11.0 Å². The van der Waals surface area contributed by atoms with Crippen LogP contribution in [0.15, 0.2) is 35.3 Å². The molecule has 0 amide bonds. The first-order chi connectivity index (χ1) is 8.75. The smallest absolute Gasteiger partial charge is 0.271 e. The summed E-state index contributed by atoms with van der Waals surface area (Å²) in [5, 5.41) is 14.3. The minimum Gasteiger partial charge on any atom is -0.271 e. The predicted octanol–water partition coefficient (Wildman–Crippen LogP) is 0.871. The molecule has 2 heterocycles. The second-order valence-corrected chi connectivity index (χ2v) is 4.11. The van der Waals surface area contributed by atoms with Crippen LogP contribution in [0.2, 0.25) is 0 Å². The van der Waals surface area contributed by atoms with Gasteiger partial charge in [0.1, 0.15) is 5.52 Å². The van der Waals surface area contributed by atoms with Crippen LogP contribution in [0.5, 0.6) is 0 Å². The molecule has 3 aromatic rings. The van der Waals surface area contributed by atoms with E-state index in [0.29, 0.717) is 17.6 Å². The molecule has 0 saturated heterocycles. The largest absolute Gasteiger partial charge is 0.295 e. The number of benzene rings is 1. The van der Waals surface area contributed by atoms with Crippen molar-refractivity contribution in [2.75, 3.05) is 0 Å². The molecule has 0 saturated carbocycles. The number of hydrogen-bond donors (Lipinski definition) is 1. The maximum absolute atomic E-state index is 12.1. The summed E-state index contributed by atoms with van der Waals surface area (Å²) in [6.45, 7) is 2.41. The lowest BCUT2D eigenvalue weighted by atomic mass is 10.1. The summed E-state index contributed by atoms with van der Waals surface area (Å²) in [6, 6.07) is 7.88. The number of nitrogens with zero attached hydrogens (tertiary/aromatic N) is 4. The van der Waals surface area contributed by atoms with Crippen LogP contribution in [-0.2, 0) is 6.54 Å². The standard InChI is InChI=1S/C12H11N5O/c1-8-4-2-3-5-9(8)7-17-12(18)11-10(14-16-17)6-13-15-11/h2-6H,7H2,1H3,(H,13,15). The zero-order valence-corrected chi connectivity index (χ0v) is 9.79. The number of aromatic amines is 1. The van der Waals surface area contributed by atoms with Crippen molar-refractivity contribution < 1.29 is 0 Å². The molecule has 1 aromatic carbocycles. The highest BCUT2D eigenvalue weighted by Crippen LogP contribution is 2.07. The van der Waals surface area contributed by atoms with Gasteiger partial charge in [-0.2, -0.15) is 5.10 Å². The molecule has 0 aliphatic carbocycles. The van der Waals surface area contributed by atoms with E-state index in [2.05, 4.69) is 20.5 Å². The number of fused-ring (bicyclic) bond motifs is 1. The second kappa shape index (κ2) is 4.06. The first-order valence-electron chi connectivity index (χ1n) is 5.57. The van der Waals surface area contributed by atoms with E-state index < -0.39 is 0 Å². The number of rotatable bonds is 2. The molecule has 0 aliphatic rings. The minimum absolute atomic E-state index is 0.208. The number of nitrogens with one attached hydrogen (secondary N) is 1. The lowest BCUT2D eigenvalue weighted by Crippen LogP contribution is -2.25. The quantitative estimate of drug-likeness (QED) is 0.722. The van der Waals surface area contributed by atoms with E-state index in [1.165, 1.54) is 10.9 Å². The van der Waals surface area contributed by atoms with Gasteiger partial charge in [-0.25, -0.2) is 4.68 Å². The number of hydrogen-bond acceptors (Lipinski definition) is 4. The molecular formula is C12H11N5O. The van der Waals surface area contributed by atoms with Crippen molar-refractivity contribution in [2.24, 2.45) is 0 Å². The van der Waals surface area contributed by atoms with E-state index in [9.17, 15) is 4.79 Å². The van der Waals surface area contributed by atoms with Crippen molar-refractivity contribution in [2.45, 2.75) is 13.5 Å². The Morgan fingerprint density at radius 2 is 2.17 bits per heavy atom. The lowest BCUT2D eigenvalue weighted by molar-refractivity contribution is 0.598. The van der Waals surface area contributed by atoms with Crippen molar-refractivity contribution >= 4 is 11.0 Å². The van der Waals surface area contributed by atoms with Crippen LogP contribution in [0.4, 0.5) is 0 Å². The molecule has 0 unspecified atom stereocenters. The molecule has 6 heteroatoms. The van der Waals surface area contributed by atoms with E-state index >= 15 is 0 Å². The summed E-state index contributed by atoms with van der Waals surface area (Å²) in [4.78, 5) is 12.1. The van der Waals surface area contributed by atoms with Gasteiger partial charge in [0.05, 0.1) is 12.7 Å². The summed E-state index contributed by atoms with van der Waals surface area (Å²) in [7, 11) is 0. The topological polar surface area (TPSA) is 76.5 Å². The van der Waals surface area contributed by atoms with Gasteiger partial charge >= 0.3 is 0 Å². The van der Waals surface area contributed by atoms with Crippen molar-refractivity contribution in [3.63, 3.8) is 0 Å². The Labute approximate surface area is 102 Å². The Balaban J connectivity index is 2.08. The van der Waals surface area contributed by atoms with Gasteiger partial charge in [0.25, 0.3) is 5.56 Å². The number of aromatic nitrogens is 5. The zero-order chi connectivity index (χ0) is 12.5. The first-order valence-corrected chi connectivity index (χ1v) is 5.57. The molecule has 1 N–H and O–H groups in total. The average molecular weight is 241 g/mol. The second-order valence-electron chi connectivity index (χ2n) is 4.11. The molecule has 18 heavy (non-hydrogen) atoms. The molecule has 6 nitrogen and oxygen atoms in total. The van der Waals surface area contributed by atoms with Gasteiger partial charge in [-0.3, -0.25) is 9.89 Å². The van der Waals surface area contributed by atoms with E-state index in [4.69, 9.17) is 0 Å². The Hall–Kier alpha value is -2.50. The van der Waals surface area contributed by atoms with Gasteiger partial charge < -0.3 is 0 Å². The molecule has 3 rings (SSSR count). The Morgan fingerprint density at radius 1 is 1.33 bits per heavy atom. The zero-order valence-electron chi connectivity index (χ0n) is 9.79. The molecule has 90 valence electrons. The van der Waals surface area contributed by atoms with E-state index in [-0.39, 0.29) is 5.56 Å². The SMILES string of the molecule is Cc1ccccc1Cn1nnc2cn[nH]c2c1=O. The van der Waals surface area contributed by atoms with Crippen LogP contribution >= 0.6 is 0 Å². The van der Waals surface area contributed by atoms with Crippen molar-refractivity contribution in [3.05, 3.63) is 51.9 Å². The third-order valence-corrected chi connectivity index (χ3v) is 2.91. The molecule has 0 bridgehead atoms. The van der Waals surface area contributed by atoms with Gasteiger partial charge in [0.15, 0.2) is 5.52 Å². The highest BCUT2D eigenvalue weighted by molar-refractivity contribution is 5.70. The normalized spacial score (nSPS) is 10.9. The van der Waals surface area contributed by atoms with Crippen LogP contribution in [0.1, 0.15) is 11.1 Å². The highest BCUT2D eigenvalue weighted by atomic mass is 16.1. The van der Waals surface area contributed by atoms with Gasteiger partial charge in [-0.05, 0) is 18.1 Å². The van der Waals surface area contributed by atoms with Crippen molar-refractivity contribution in [1.29, 1.82) is 0 Å². The summed E-state index contributed by atoms with van der Waals surface area (Å²) in [6.07, 6.45) is 1.49. The molecular weight excluding hydrogens is 230 g/mol. The number of aryl methyl sites for hydroxylation is 1. The van der Waals surface area contributed by atoms with Gasteiger partial charge in [0.2, 0.25) is 0 Å². The predicted molar refractivity (Wildman–Crippen MR) is 66.2 cm³/mol. The maximum atomic E-state index is 12.1. The van der Waals surface area contributed by atoms with Crippen molar-refractivity contribution in [3.8, 4) is 0 Å². The fourth-order valence-corrected chi connectivity index (χ4v) is 1.84. The van der Waals surface area contributed by atoms with Gasteiger partial charge in [-0.1, -0.05) is 29.5 Å². The lowest BCUT2D eigenvalue weighted by Gasteiger charge is -2.06. The number of H-pyrrole nitrogens is 1. The Bertz CT molecular complexity index is 758. The molecule has 0 aliphatic heterocycles. The summed E-state index contributed by atoms with van der Waals surface area (Å²) < 4.78 is 1.34. The third kappa shape index (κ3) is 1.67. The van der Waals surface area contributed by atoms with E-state index in [0.717, 1.165) is 11.1 Å². The van der Waals surface area contributed by atoms with Crippen LogP contribution < -0.4 is 5.56 Å². The molecule has 0 atom stereocenters. The van der Waals surface area contributed by atoms with E-state index in [1.807, 2.05) is 31.2 Å². The Morgan fingerprint density at radius 3 is 3.00 bits per heavy atom. The monoisotopic (exact) mass is 241 g/mol. The van der Waals surface area contributed by atoms with Crippen LogP contribution in [0.3, 0.4) is 0 Å². The van der Waals surface area contributed by atoms with Gasteiger partial charge in [-0.15, -0.1) is 5.10 Å². The molecule has 0 spiro atoms. The summed E-state index contributed by atoms with van der Waals surface area (Å²) in [5.74, 6) is 0.